The largest absolute Gasteiger partial charge is 0.472 e. The molecule has 8 atom stereocenters. The monoisotopic (exact) mass is 876 g/mol. The van der Waals surface area contributed by atoms with Crippen molar-refractivity contribution in [3.05, 3.63) is 0 Å². The lowest BCUT2D eigenvalue weighted by Crippen LogP contribution is -2.64. The van der Waals surface area contributed by atoms with Crippen molar-refractivity contribution in [2.75, 3.05) is 13.2 Å². The first-order valence-corrected chi connectivity index (χ1v) is 24.5. The molecule has 0 bridgehead atoms. The van der Waals surface area contributed by atoms with Crippen LogP contribution in [0.3, 0.4) is 0 Å². The molecule has 1 saturated carbocycles. The van der Waals surface area contributed by atoms with Gasteiger partial charge in [-0.1, -0.05) is 123 Å². The molecule has 0 aromatic rings. The van der Waals surface area contributed by atoms with E-state index in [1.54, 1.807) is 0 Å². The third-order valence-corrected chi connectivity index (χ3v) is 11.6. The molecule has 0 saturated heterocycles. The zero-order valence-electron chi connectivity index (χ0n) is 34.7. The average Bonchev–Trinajstić information content (AvgIpc) is 3.16. The molecule has 1 aliphatic carbocycles. The van der Waals surface area contributed by atoms with Gasteiger partial charge in [0.05, 0.1) is 6.61 Å². The Morgan fingerprint density at radius 2 is 0.931 bits per heavy atom. The molecule has 58 heavy (non-hydrogen) atoms. The van der Waals surface area contributed by atoms with E-state index in [0.717, 1.165) is 70.6 Å². The summed E-state index contributed by atoms with van der Waals surface area (Å²) in [5, 5.41) is 41.1. The molecule has 7 N–H and O–H groups in total. The molecule has 4 unspecified atom stereocenters. The van der Waals surface area contributed by atoms with Gasteiger partial charge in [0.2, 0.25) is 0 Å². The van der Waals surface area contributed by atoms with Gasteiger partial charge in [-0.05, 0) is 25.7 Å². The summed E-state index contributed by atoms with van der Waals surface area (Å²) in [4.78, 5) is 65.6. The highest BCUT2D eigenvalue weighted by molar-refractivity contribution is 7.47. The molecule has 0 aromatic heterocycles. The highest BCUT2D eigenvalue weighted by Crippen LogP contribution is 2.49. The van der Waals surface area contributed by atoms with Gasteiger partial charge in [0.15, 0.2) is 6.10 Å². The average molecular weight is 877 g/mol. The minimum absolute atomic E-state index is 0.0339. The quantitative estimate of drug-likeness (QED) is 0.0208. The highest BCUT2D eigenvalue weighted by atomic mass is 31.2. The Morgan fingerprint density at radius 3 is 1.40 bits per heavy atom. The number of Topliss-reactive ketones (excluding diaryl/α,β-unsaturated/α-hetero) is 1. The number of hydrogen-bond acceptors (Lipinski definition) is 14. The Hall–Kier alpha value is -1.33. The summed E-state index contributed by atoms with van der Waals surface area (Å²) >= 11 is 0. The summed E-state index contributed by atoms with van der Waals surface area (Å²) in [6, 6.07) is 0. The van der Waals surface area contributed by atoms with E-state index in [1.165, 1.54) is 51.4 Å². The van der Waals surface area contributed by atoms with E-state index in [1.807, 2.05) is 6.92 Å². The number of unbranched alkanes of at least 4 members (excludes halogenated alkanes) is 18. The fraction of sp³-hybridized carbons (Fsp3) is 0.923. The lowest BCUT2D eigenvalue weighted by Gasteiger charge is -2.43. The molecule has 0 amide bonds. The van der Waals surface area contributed by atoms with Crippen molar-refractivity contribution in [1.29, 1.82) is 0 Å². The Labute approximate surface area is 344 Å². The molecule has 19 heteroatoms. The predicted octanol–water partition coefficient (Wildman–Crippen LogP) is 6.24. The van der Waals surface area contributed by atoms with E-state index < -0.39 is 83.5 Å². The number of ketones is 1. The fourth-order valence-electron chi connectivity index (χ4n) is 6.74. The molecule has 1 fully saturated rings. The molecular formula is C39H74O17P2. The summed E-state index contributed by atoms with van der Waals surface area (Å²) in [6.07, 6.45) is 7.93. The zero-order chi connectivity index (χ0) is 43.4. The molecule has 0 spiro atoms. The molecule has 0 aromatic carbocycles. The maximum absolute atomic E-state index is 12.9. The van der Waals surface area contributed by atoms with Crippen LogP contribution in [0, 0.1) is 0 Å². The first-order chi connectivity index (χ1) is 27.5. The number of esters is 2. The molecule has 1 aliphatic rings. The standard InChI is InChI=1S/C39H74O17P2/c1-3-5-6-7-8-9-10-11-12-13-16-20-23-27-33(42)54-31(28-52-32(41)26-22-19-17-14-15-18-21-25-30(40)24-4-2)29-53-58(50,51)56-39-36(45)34(43)35(44)38(37(39)46)55-57(47,48)49/h31,34-39,43-46H,3-29H2,1-2H3,(H,50,51)(H2,47,48,49)/t31-,34+,35?,36?,37-,38-,39?/m1/s1. The van der Waals surface area contributed by atoms with Crippen molar-refractivity contribution >= 4 is 33.4 Å². The molecule has 0 radical (unpaired) electrons. The normalized spacial score (nSPS) is 22.6. The number of ether oxygens (including phenoxy) is 2. The fourth-order valence-corrected chi connectivity index (χ4v) is 8.28. The van der Waals surface area contributed by atoms with Crippen LogP contribution in [0.4, 0.5) is 0 Å². The van der Waals surface area contributed by atoms with E-state index in [4.69, 9.17) is 28.3 Å². The lowest BCUT2D eigenvalue weighted by molar-refractivity contribution is -0.216. The predicted molar refractivity (Wildman–Crippen MR) is 214 cm³/mol. The van der Waals surface area contributed by atoms with Gasteiger partial charge in [0, 0.05) is 25.7 Å². The summed E-state index contributed by atoms with van der Waals surface area (Å²) in [6.45, 7) is 2.82. The third-order valence-electron chi connectivity index (χ3n) is 10.1. The summed E-state index contributed by atoms with van der Waals surface area (Å²) < 4.78 is 49.1. The van der Waals surface area contributed by atoms with Gasteiger partial charge >= 0.3 is 27.6 Å². The number of aliphatic hydroxyl groups is 4. The third kappa shape index (κ3) is 26.1. The van der Waals surface area contributed by atoms with Crippen LogP contribution in [-0.4, -0.2) is 109 Å². The van der Waals surface area contributed by atoms with Gasteiger partial charge in [-0.2, -0.15) is 0 Å². The first-order valence-electron chi connectivity index (χ1n) is 21.5. The van der Waals surface area contributed by atoms with E-state index in [-0.39, 0.29) is 12.8 Å². The van der Waals surface area contributed by atoms with Gasteiger partial charge in [0.1, 0.15) is 49.0 Å². The van der Waals surface area contributed by atoms with Crippen molar-refractivity contribution in [2.45, 2.75) is 217 Å². The van der Waals surface area contributed by atoms with Crippen LogP contribution in [0.1, 0.15) is 174 Å². The maximum atomic E-state index is 12.9. The first kappa shape index (κ1) is 54.7. The van der Waals surface area contributed by atoms with E-state index in [0.29, 0.717) is 31.5 Å². The molecule has 1 rings (SSSR count). The van der Waals surface area contributed by atoms with Crippen molar-refractivity contribution in [1.82, 2.24) is 0 Å². The van der Waals surface area contributed by atoms with Crippen molar-refractivity contribution in [3.63, 3.8) is 0 Å². The number of hydrogen-bond donors (Lipinski definition) is 7. The molecule has 342 valence electrons. The zero-order valence-corrected chi connectivity index (χ0v) is 36.5. The van der Waals surface area contributed by atoms with Crippen LogP contribution < -0.4 is 0 Å². The van der Waals surface area contributed by atoms with Crippen LogP contribution in [-0.2, 0) is 46.6 Å². The Morgan fingerprint density at radius 1 is 0.500 bits per heavy atom. The molecule has 0 aliphatic heterocycles. The number of phosphoric ester groups is 2. The van der Waals surface area contributed by atoms with Gasteiger partial charge in [-0.15, -0.1) is 0 Å². The van der Waals surface area contributed by atoms with E-state index in [2.05, 4.69) is 11.4 Å². The lowest BCUT2D eigenvalue weighted by atomic mass is 9.85. The maximum Gasteiger partial charge on any atom is 0.472 e. The minimum Gasteiger partial charge on any atom is -0.462 e. The molecule has 17 nitrogen and oxygen atoms in total. The molecular weight excluding hydrogens is 802 g/mol. The van der Waals surface area contributed by atoms with E-state index in [9.17, 15) is 48.8 Å². The van der Waals surface area contributed by atoms with Crippen LogP contribution in [0.25, 0.3) is 0 Å². The van der Waals surface area contributed by atoms with Crippen LogP contribution in [0.15, 0.2) is 0 Å². The van der Waals surface area contributed by atoms with Crippen LogP contribution >= 0.6 is 15.6 Å². The van der Waals surface area contributed by atoms with Crippen molar-refractivity contribution < 1.29 is 81.7 Å². The topological polar surface area (TPSA) is 273 Å². The second-order valence-electron chi connectivity index (χ2n) is 15.4. The number of aliphatic hydroxyl groups excluding tert-OH is 4. The highest BCUT2D eigenvalue weighted by Gasteiger charge is 2.54. The Balaban J connectivity index is 2.65. The van der Waals surface area contributed by atoms with E-state index >= 15 is 0 Å². The van der Waals surface area contributed by atoms with Crippen molar-refractivity contribution in [3.8, 4) is 0 Å². The van der Waals surface area contributed by atoms with Gasteiger partial charge in [0.25, 0.3) is 0 Å². The van der Waals surface area contributed by atoms with Gasteiger partial charge in [-0.25, -0.2) is 9.13 Å². The number of carbonyl (C=O) groups excluding carboxylic acids is 3. The number of rotatable bonds is 36. The van der Waals surface area contributed by atoms with Crippen molar-refractivity contribution in [2.24, 2.45) is 0 Å². The SMILES string of the molecule is CCCCCCCCCCCCCCCC(=O)O[C@H](COC(=O)CCCCCCCCCC(=O)CCC)COP(=O)(O)OC1C(O)[C@@H](O)C(O)[C@@H](OP(=O)(O)O)[C@H]1O. The number of carbonyl (C=O) groups is 3. The van der Waals surface area contributed by atoms with Gasteiger partial charge in [-0.3, -0.25) is 28.0 Å². The smallest absolute Gasteiger partial charge is 0.462 e. The molecule has 0 heterocycles. The van der Waals surface area contributed by atoms with Gasteiger partial charge < -0.3 is 44.6 Å². The van der Waals surface area contributed by atoms with Crippen LogP contribution in [0.5, 0.6) is 0 Å². The Kier molecular flexibility index (Phi) is 29.7. The van der Waals surface area contributed by atoms with Crippen LogP contribution in [0.2, 0.25) is 0 Å². The second-order valence-corrected chi connectivity index (χ2v) is 18.0. The second kappa shape index (κ2) is 31.5. The Bertz CT molecular complexity index is 1220. The summed E-state index contributed by atoms with van der Waals surface area (Å²) in [7, 11) is -10.7. The summed E-state index contributed by atoms with van der Waals surface area (Å²) in [5.74, 6) is -0.956. The minimum atomic E-state index is -5.36. The number of phosphoric acid groups is 2. The summed E-state index contributed by atoms with van der Waals surface area (Å²) in [5.41, 5.74) is 0.